The maximum Gasteiger partial charge on any atom is 0.238 e. The molecule has 0 saturated heterocycles. The molecule has 0 spiro atoms. The third-order valence-corrected chi connectivity index (χ3v) is 6.26. The molecule has 1 amide bonds. The van der Waals surface area contributed by atoms with Crippen molar-refractivity contribution >= 4 is 33.7 Å². The highest BCUT2D eigenvalue weighted by Crippen LogP contribution is 2.33. The summed E-state index contributed by atoms with van der Waals surface area (Å²) in [5.74, 6) is 0.352. The van der Waals surface area contributed by atoms with Gasteiger partial charge in [0.2, 0.25) is 5.91 Å². The maximum absolute atomic E-state index is 14.2. The normalized spacial score (nSPS) is 11.4. The predicted octanol–water partition coefficient (Wildman–Crippen LogP) is 4.27. The Bertz CT molecular complexity index is 1880. The van der Waals surface area contributed by atoms with Gasteiger partial charge in [-0.1, -0.05) is 0 Å². The summed E-state index contributed by atoms with van der Waals surface area (Å²) in [5, 5.41) is 11.1. The van der Waals surface area contributed by atoms with Gasteiger partial charge in [0.05, 0.1) is 48.5 Å². The average Bonchev–Trinajstić information content (AvgIpc) is 3.56. The molecule has 0 radical (unpaired) electrons. The van der Waals surface area contributed by atoms with Crippen LogP contribution in [-0.4, -0.2) is 73.7 Å². The second-order valence-corrected chi connectivity index (χ2v) is 9.46. The number of imidazole rings is 1. The number of nitrogens with zero attached hydrogens (tertiary/aromatic N) is 6. The van der Waals surface area contributed by atoms with Crippen molar-refractivity contribution in [1.82, 2.24) is 40.0 Å². The fourth-order valence-corrected chi connectivity index (χ4v) is 4.49. The molecule has 5 heterocycles. The van der Waals surface area contributed by atoms with Crippen LogP contribution in [0.1, 0.15) is 0 Å². The number of rotatable bonds is 7. The molecule has 0 saturated carbocycles. The Hall–Kier alpha value is -5.23. The topological polar surface area (TPSA) is 138 Å². The van der Waals surface area contributed by atoms with Crippen LogP contribution in [0.2, 0.25) is 0 Å². The van der Waals surface area contributed by atoms with Crippen LogP contribution >= 0.6 is 0 Å². The first-order valence-corrected chi connectivity index (χ1v) is 12.3. The molecule has 5 aromatic heterocycles. The van der Waals surface area contributed by atoms with Gasteiger partial charge in [0.25, 0.3) is 0 Å². The Labute approximate surface area is 227 Å². The van der Waals surface area contributed by atoms with Gasteiger partial charge in [0.1, 0.15) is 17.3 Å². The van der Waals surface area contributed by atoms with Gasteiger partial charge in [0, 0.05) is 35.0 Å². The lowest BCUT2D eigenvalue weighted by Crippen LogP contribution is -2.27. The fourth-order valence-electron chi connectivity index (χ4n) is 4.49. The van der Waals surface area contributed by atoms with E-state index in [1.807, 2.05) is 26.2 Å². The number of hydrogen-bond acceptors (Lipinski definition) is 8. The summed E-state index contributed by atoms with van der Waals surface area (Å²) in [7, 11) is 5.15. The first-order chi connectivity index (χ1) is 19.4. The van der Waals surface area contributed by atoms with E-state index in [0.717, 1.165) is 16.5 Å². The van der Waals surface area contributed by atoms with Gasteiger partial charge >= 0.3 is 0 Å². The second-order valence-electron chi connectivity index (χ2n) is 9.46. The molecule has 0 unspecified atom stereocenters. The molecule has 6 rings (SSSR count). The Morgan fingerprint density at radius 3 is 2.77 bits per heavy atom. The molecule has 1 aromatic carbocycles. The van der Waals surface area contributed by atoms with Crippen LogP contribution in [0.15, 0.2) is 61.2 Å². The first-order valence-electron chi connectivity index (χ1n) is 12.3. The number of amides is 1. The lowest BCUT2D eigenvalue weighted by molar-refractivity contribution is -0.116. The SMILES string of the molecule is COc1cc(F)cc(-c2ccnc3nc(-c4n[nH]c5cnc(-c6cncc(NC(=O)CN(C)C)c6)cc45)[nH]c23)c1. The lowest BCUT2D eigenvalue weighted by Gasteiger charge is -2.10. The standard InChI is InChI=1S/C28H24FN9O2/c1-38(2)14-24(39)33-18-7-16(11-30-12-18)22-10-21-23(13-32-22)36-37-26(21)28-34-25-20(4-5-31-27(25)35-28)15-6-17(29)9-19(8-15)40-3/h4-13H,14H2,1-3H3,(H,33,39)(H,36,37)(H,31,34,35). The van der Waals surface area contributed by atoms with E-state index in [2.05, 4.69) is 40.4 Å². The third-order valence-electron chi connectivity index (χ3n) is 6.26. The molecule has 0 aliphatic carbocycles. The summed E-state index contributed by atoms with van der Waals surface area (Å²) in [5.41, 5.74) is 5.69. The number of pyridine rings is 3. The fraction of sp³-hybridized carbons (Fsp3) is 0.143. The van der Waals surface area contributed by atoms with Gasteiger partial charge in [-0.15, -0.1) is 0 Å². The zero-order valence-corrected chi connectivity index (χ0v) is 21.9. The summed E-state index contributed by atoms with van der Waals surface area (Å²) in [6, 6.07) is 10.0. The Morgan fingerprint density at radius 1 is 1.07 bits per heavy atom. The van der Waals surface area contributed by atoms with Crippen molar-refractivity contribution < 1.29 is 13.9 Å². The van der Waals surface area contributed by atoms with Crippen LogP contribution in [0.5, 0.6) is 5.75 Å². The number of hydrogen-bond donors (Lipinski definition) is 3. The number of aromatic nitrogens is 7. The molecule has 0 aliphatic heterocycles. The number of nitrogens with one attached hydrogen (secondary N) is 3. The molecule has 0 fully saturated rings. The molecule has 0 bridgehead atoms. The minimum Gasteiger partial charge on any atom is -0.497 e. The molecule has 200 valence electrons. The van der Waals surface area contributed by atoms with E-state index in [1.54, 1.807) is 41.8 Å². The van der Waals surface area contributed by atoms with E-state index in [0.29, 0.717) is 50.9 Å². The van der Waals surface area contributed by atoms with Crippen LogP contribution in [-0.2, 0) is 4.79 Å². The number of likely N-dealkylation sites (N-methyl/N-ethyl adjacent to an activating group) is 1. The summed E-state index contributed by atoms with van der Waals surface area (Å²) < 4.78 is 19.5. The summed E-state index contributed by atoms with van der Waals surface area (Å²) in [6.45, 7) is 0.258. The smallest absolute Gasteiger partial charge is 0.238 e. The van der Waals surface area contributed by atoms with Gasteiger partial charge in [-0.25, -0.2) is 14.4 Å². The van der Waals surface area contributed by atoms with E-state index in [-0.39, 0.29) is 12.5 Å². The van der Waals surface area contributed by atoms with Crippen molar-refractivity contribution in [1.29, 1.82) is 0 Å². The Kier molecular flexibility index (Phi) is 6.36. The predicted molar refractivity (Wildman–Crippen MR) is 149 cm³/mol. The van der Waals surface area contributed by atoms with Gasteiger partial charge in [0.15, 0.2) is 11.5 Å². The number of ether oxygens (including phenoxy) is 1. The van der Waals surface area contributed by atoms with Crippen molar-refractivity contribution in [2.75, 3.05) is 33.1 Å². The molecular formula is C28H24FN9O2. The monoisotopic (exact) mass is 537 g/mol. The molecule has 40 heavy (non-hydrogen) atoms. The molecule has 11 nitrogen and oxygen atoms in total. The number of halogens is 1. The van der Waals surface area contributed by atoms with Gasteiger partial charge in [-0.2, -0.15) is 5.10 Å². The highest BCUT2D eigenvalue weighted by atomic mass is 19.1. The average molecular weight is 538 g/mol. The van der Waals surface area contributed by atoms with Crippen LogP contribution in [0, 0.1) is 5.82 Å². The molecule has 6 aromatic rings. The number of fused-ring (bicyclic) bond motifs is 2. The van der Waals surface area contributed by atoms with Gasteiger partial charge < -0.3 is 19.9 Å². The van der Waals surface area contributed by atoms with Crippen molar-refractivity contribution in [2.24, 2.45) is 0 Å². The first kappa shape index (κ1) is 25.1. The lowest BCUT2D eigenvalue weighted by atomic mass is 10.1. The van der Waals surface area contributed by atoms with Crippen molar-refractivity contribution in [3.63, 3.8) is 0 Å². The summed E-state index contributed by atoms with van der Waals surface area (Å²) >= 11 is 0. The van der Waals surface area contributed by atoms with Crippen LogP contribution in [0.4, 0.5) is 10.1 Å². The quantitative estimate of drug-likeness (QED) is 0.275. The van der Waals surface area contributed by atoms with Crippen LogP contribution in [0.25, 0.3) is 56.0 Å². The zero-order chi connectivity index (χ0) is 27.8. The maximum atomic E-state index is 14.2. The van der Waals surface area contributed by atoms with E-state index in [9.17, 15) is 9.18 Å². The molecule has 3 N–H and O–H groups in total. The summed E-state index contributed by atoms with van der Waals surface area (Å²) in [6.07, 6.45) is 6.58. The number of benzene rings is 1. The third kappa shape index (κ3) is 4.83. The summed E-state index contributed by atoms with van der Waals surface area (Å²) in [4.78, 5) is 35.2. The van der Waals surface area contributed by atoms with Crippen molar-refractivity contribution in [2.45, 2.75) is 0 Å². The van der Waals surface area contributed by atoms with Crippen LogP contribution < -0.4 is 10.1 Å². The Morgan fingerprint density at radius 2 is 1.95 bits per heavy atom. The number of anilines is 1. The number of carbonyl (C=O) groups excluding carboxylic acids is 1. The van der Waals surface area contributed by atoms with Crippen LogP contribution in [0.3, 0.4) is 0 Å². The molecular weight excluding hydrogens is 513 g/mol. The Balaban J connectivity index is 1.38. The second kappa shape index (κ2) is 10.2. The van der Waals surface area contributed by atoms with Gasteiger partial charge in [-0.05, 0) is 50.0 Å². The molecule has 0 atom stereocenters. The number of carbonyl (C=O) groups is 1. The molecule has 0 aliphatic rings. The van der Waals surface area contributed by atoms with E-state index in [4.69, 9.17) is 4.74 Å². The number of methoxy groups -OCH3 is 1. The number of aromatic amines is 2. The number of H-pyrrole nitrogens is 2. The van der Waals surface area contributed by atoms with Gasteiger partial charge in [-0.3, -0.25) is 19.9 Å². The van der Waals surface area contributed by atoms with E-state index in [1.165, 1.54) is 19.2 Å². The van der Waals surface area contributed by atoms with E-state index < -0.39 is 5.82 Å². The highest BCUT2D eigenvalue weighted by Gasteiger charge is 2.18. The van der Waals surface area contributed by atoms with Crippen molar-refractivity contribution in [3.8, 4) is 39.7 Å². The minimum absolute atomic E-state index is 0.140. The van der Waals surface area contributed by atoms with Crippen molar-refractivity contribution in [3.05, 3.63) is 67.0 Å². The minimum atomic E-state index is -0.409. The molecule has 12 heteroatoms. The highest BCUT2D eigenvalue weighted by molar-refractivity contribution is 5.97. The van der Waals surface area contributed by atoms with E-state index >= 15 is 0 Å². The zero-order valence-electron chi connectivity index (χ0n) is 21.9. The largest absolute Gasteiger partial charge is 0.497 e.